The number of amides is 2. The van der Waals surface area contributed by atoms with E-state index in [1.807, 2.05) is 55.5 Å². The Hall–Kier alpha value is -3.81. The molecule has 1 spiro atoms. The van der Waals surface area contributed by atoms with Crippen LogP contribution in [0, 0.1) is 6.92 Å². The van der Waals surface area contributed by atoms with E-state index in [2.05, 4.69) is 10.4 Å². The smallest absolute Gasteiger partial charge is 0.244 e. The summed E-state index contributed by atoms with van der Waals surface area (Å²) in [6, 6.07) is 16.6. The van der Waals surface area contributed by atoms with Crippen LogP contribution in [0.15, 0.2) is 54.6 Å². The van der Waals surface area contributed by atoms with Crippen molar-refractivity contribution in [1.29, 1.82) is 0 Å². The molecular formula is C24H25N5O3. The number of ether oxygens (including phenoxy) is 1. The molecule has 2 aliphatic rings. The summed E-state index contributed by atoms with van der Waals surface area (Å²) in [5, 5.41) is 7.37. The molecular weight excluding hydrogens is 406 g/mol. The number of aromatic nitrogens is 2. The van der Waals surface area contributed by atoms with Crippen molar-refractivity contribution in [2.45, 2.75) is 31.3 Å². The van der Waals surface area contributed by atoms with E-state index in [1.54, 1.807) is 18.1 Å². The molecule has 8 nitrogen and oxygen atoms in total. The molecule has 0 aliphatic carbocycles. The highest BCUT2D eigenvalue weighted by Gasteiger charge is 2.59. The Morgan fingerprint density at radius 1 is 1.25 bits per heavy atom. The number of para-hydroxylation sites is 1. The van der Waals surface area contributed by atoms with Crippen molar-refractivity contribution in [3.05, 3.63) is 71.4 Å². The summed E-state index contributed by atoms with van der Waals surface area (Å²) in [7, 11) is 1.60. The van der Waals surface area contributed by atoms with E-state index in [1.165, 1.54) is 4.68 Å². The summed E-state index contributed by atoms with van der Waals surface area (Å²) < 4.78 is 6.94. The maximum atomic E-state index is 13.5. The van der Waals surface area contributed by atoms with Gasteiger partial charge in [-0.2, -0.15) is 5.10 Å². The summed E-state index contributed by atoms with van der Waals surface area (Å²) >= 11 is 0. The Kier molecular flexibility index (Phi) is 4.65. The molecule has 8 heteroatoms. The van der Waals surface area contributed by atoms with E-state index in [0.717, 1.165) is 22.5 Å². The van der Waals surface area contributed by atoms with E-state index in [-0.39, 0.29) is 18.4 Å². The largest absolute Gasteiger partial charge is 0.497 e. The predicted molar refractivity (Wildman–Crippen MR) is 120 cm³/mol. The molecule has 3 heterocycles. The summed E-state index contributed by atoms with van der Waals surface area (Å²) in [4.78, 5) is 28.8. The van der Waals surface area contributed by atoms with Gasteiger partial charge in [-0.1, -0.05) is 30.3 Å². The second-order valence-electron chi connectivity index (χ2n) is 8.36. The number of carbonyl (C=O) groups excluding carboxylic acids is 2. The minimum atomic E-state index is -0.871. The van der Waals surface area contributed by atoms with E-state index >= 15 is 0 Å². The van der Waals surface area contributed by atoms with Gasteiger partial charge in [-0.15, -0.1) is 0 Å². The zero-order valence-electron chi connectivity index (χ0n) is 18.0. The number of nitrogen functional groups attached to an aromatic ring is 1. The number of benzene rings is 2. The second kappa shape index (κ2) is 7.40. The summed E-state index contributed by atoms with van der Waals surface area (Å²) in [6.07, 6.45) is 0.525. The maximum absolute atomic E-state index is 13.5. The van der Waals surface area contributed by atoms with E-state index in [0.29, 0.717) is 24.5 Å². The van der Waals surface area contributed by atoms with Crippen molar-refractivity contribution in [2.24, 2.45) is 0 Å². The number of rotatable bonds is 4. The van der Waals surface area contributed by atoms with Crippen LogP contribution in [-0.4, -0.2) is 40.1 Å². The molecule has 32 heavy (non-hydrogen) atoms. The number of nitrogens with one attached hydrogen (secondary N) is 1. The Morgan fingerprint density at radius 2 is 2.06 bits per heavy atom. The van der Waals surface area contributed by atoms with Gasteiger partial charge in [0.1, 0.15) is 23.5 Å². The number of carbonyl (C=O) groups is 2. The summed E-state index contributed by atoms with van der Waals surface area (Å²) in [6.45, 7) is 2.29. The predicted octanol–water partition coefficient (Wildman–Crippen LogP) is 2.65. The molecule has 5 rings (SSSR count). The quantitative estimate of drug-likeness (QED) is 0.661. The number of hydrogen-bond acceptors (Lipinski definition) is 5. The number of anilines is 2. The summed E-state index contributed by atoms with van der Waals surface area (Å²) in [5.41, 5.74) is 8.47. The number of nitrogens with two attached hydrogens (primary N) is 1. The van der Waals surface area contributed by atoms with Crippen LogP contribution in [0.2, 0.25) is 0 Å². The van der Waals surface area contributed by atoms with Crippen LogP contribution in [0.5, 0.6) is 5.75 Å². The minimum Gasteiger partial charge on any atom is -0.497 e. The van der Waals surface area contributed by atoms with Crippen LogP contribution in [0.25, 0.3) is 0 Å². The highest BCUT2D eigenvalue weighted by atomic mass is 16.5. The van der Waals surface area contributed by atoms with E-state index in [9.17, 15) is 9.59 Å². The average molecular weight is 431 g/mol. The Labute approximate surface area is 186 Å². The van der Waals surface area contributed by atoms with Gasteiger partial charge in [0, 0.05) is 18.3 Å². The first-order valence-corrected chi connectivity index (χ1v) is 10.6. The van der Waals surface area contributed by atoms with Crippen molar-refractivity contribution in [3.63, 3.8) is 0 Å². The average Bonchev–Trinajstić information content (AvgIpc) is 3.43. The molecule has 0 bridgehead atoms. The van der Waals surface area contributed by atoms with Gasteiger partial charge in [-0.3, -0.25) is 9.59 Å². The lowest BCUT2D eigenvalue weighted by Gasteiger charge is -2.34. The molecule has 1 fully saturated rings. The number of aryl methyl sites for hydroxylation is 1. The van der Waals surface area contributed by atoms with Gasteiger partial charge >= 0.3 is 0 Å². The van der Waals surface area contributed by atoms with Crippen molar-refractivity contribution in [3.8, 4) is 5.75 Å². The molecule has 164 valence electrons. The lowest BCUT2D eigenvalue weighted by Crippen LogP contribution is -2.43. The van der Waals surface area contributed by atoms with E-state index in [4.69, 9.17) is 10.5 Å². The minimum absolute atomic E-state index is 0.0134. The van der Waals surface area contributed by atoms with Crippen molar-refractivity contribution in [1.82, 2.24) is 14.7 Å². The standard InChI is InChI=1S/C24H25N5O3/c1-15-12-20(25)29(27-15)14-21(30)28-11-10-24(18-8-3-4-9-19(18)26-23(24)31)22(28)16-6-5-7-17(13-16)32-2/h3-9,12-13,22H,10-11,14,25H2,1-2H3,(H,26,31)/t22-,24+/m0/s1. The van der Waals surface area contributed by atoms with Crippen molar-refractivity contribution < 1.29 is 14.3 Å². The SMILES string of the molecule is COc1cccc([C@@H]2N(C(=O)Cn3nc(C)cc3N)CC[C@]23C(=O)Nc2ccccc23)c1. The van der Waals surface area contributed by atoms with Crippen molar-refractivity contribution in [2.75, 3.05) is 24.7 Å². The number of likely N-dealkylation sites (tertiary alicyclic amines) is 1. The molecule has 3 N–H and O–H groups in total. The Morgan fingerprint density at radius 3 is 2.81 bits per heavy atom. The number of hydrogen-bond donors (Lipinski definition) is 2. The lowest BCUT2D eigenvalue weighted by atomic mass is 9.72. The Bertz CT molecular complexity index is 1220. The molecule has 0 radical (unpaired) electrons. The summed E-state index contributed by atoms with van der Waals surface area (Å²) in [5.74, 6) is 0.889. The van der Waals surface area contributed by atoms with Gasteiger partial charge in [0.25, 0.3) is 0 Å². The molecule has 2 aliphatic heterocycles. The zero-order valence-corrected chi connectivity index (χ0v) is 18.0. The fraction of sp³-hybridized carbons (Fsp3) is 0.292. The molecule has 2 atom stereocenters. The highest BCUT2D eigenvalue weighted by Crippen LogP contribution is 2.55. The highest BCUT2D eigenvalue weighted by molar-refractivity contribution is 6.07. The first kappa shape index (κ1) is 20.1. The Balaban J connectivity index is 1.61. The van der Waals surface area contributed by atoms with Gasteiger partial charge in [-0.05, 0) is 42.7 Å². The molecule has 2 aromatic carbocycles. The fourth-order valence-electron chi connectivity index (χ4n) is 5.14. The van der Waals surface area contributed by atoms with Gasteiger partial charge in [0.05, 0.1) is 18.8 Å². The molecule has 0 unspecified atom stereocenters. The molecule has 1 saturated heterocycles. The molecule has 1 aromatic heterocycles. The fourth-order valence-corrected chi connectivity index (χ4v) is 5.14. The van der Waals surface area contributed by atoms with Gasteiger partial charge in [0.15, 0.2) is 0 Å². The third-order valence-corrected chi connectivity index (χ3v) is 6.53. The normalized spacial score (nSPS) is 21.6. The maximum Gasteiger partial charge on any atom is 0.244 e. The lowest BCUT2D eigenvalue weighted by molar-refractivity contribution is -0.134. The van der Waals surface area contributed by atoms with Crippen LogP contribution < -0.4 is 15.8 Å². The second-order valence-corrected chi connectivity index (χ2v) is 8.36. The first-order valence-electron chi connectivity index (χ1n) is 10.6. The van der Waals surface area contributed by atoms with E-state index < -0.39 is 11.5 Å². The van der Waals surface area contributed by atoms with Crippen LogP contribution >= 0.6 is 0 Å². The number of fused-ring (bicyclic) bond motifs is 2. The van der Waals surface area contributed by atoms with Crippen LogP contribution in [-0.2, 0) is 21.5 Å². The third kappa shape index (κ3) is 2.94. The zero-order chi connectivity index (χ0) is 22.5. The van der Waals surface area contributed by atoms with Crippen molar-refractivity contribution >= 4 is 23.3 Å². The van der Waals surface area contributed by atoms with Gasteiger partial charge in [0.2, 0.25) is 11.8 Å². The molecule has 2 amide bonds. The first-order chi connectivity index (χ1) is 15.4. The van der Waals surface area contributed by atoms with Crippen LogP contribution in [0.1, 0.15) is 29.3 Å². The van der Waals surface area contributed by atoms with Gasteiger partial charge < -0.3 is 20.7 Å². The number of methoxy groups -OCH3 is 1. The molecule has 0 saturated carbocycles. The third-order valence-electron chi connectivity index (χ3n) is 6.53. The monoisotopic (exact) mass is 431 g/mol. The molecule has 3 aromatic rings. The van der Waals surface area contributed by atoms with Crippen LogP contribution in [0.4, 0.5) is 11.5 Å². The topological polar surface area (TPSA) is 102 Å². The van der Waals surface area contributed by atoms with Gasteiger partial charge in [-0.25, -0.2) is 4.68 Å². The number of nitrogens with zero attached hydrogens (tertiary/aromatic N) is 3. The van der Waals surface area contributed by atoms with Crippen LogP contribution in [0.3, 0.4) is 0 Å².